The SMILES string of the molecule is CNC1CCOCC1Cc1cccc(Cl)c1F. The van der Waals surface area contributed by atoms with Gasteiger partial charge >= 0.3 is 0 Å². The van der Waals surface area contributed by atoms with Crippen LogP contribution in [0.15, 0.2) is 18.2 Å². The Morgan fingerprint density at radius 3 is 3.12 bits per heavy atom. The van der Waals surface area contributed by atoms with E-state index in [1.54, 1.807) is 18.2 Å². The maximum absolute atomic E-state index is 13.8. The summed E-state index contributed by atoms with van der Waals surface area (Å²) in [6.07, 6.45) is 1.64. The highest BCUT2D eigenvalue weighted by atomic mass is 35.5. The van der Waals surface area contributed by atoms with Crippen LogP contribution in [0.1, 0.15) is 12.0 Å². The van der Waals surface area contributed by atoms with E-state index in [2.05, 4.69) is 5.32 Å². The molecule has 1 aromatic rings. The first kappa shape index (κ1) is 12.8. The van der Waals surface area contributed by atoms with Gasteiger partial charge in [-0.25, -0.2) is 4.39 Å². The smallest absolute Gasteiger partial charge is 0.144 e. The number of nitrogens with one attached hydrogen (secondary N) is 1. The average Bonchev–Trinajstić information content (AvgIpc) is 2.35. The van der Waals surface area contributed by atoms with Crippen molar-refractivity contribution in [2.45, 2.75) is 18.9 Å². The Morgan fingerprint density at radius 1 is 1.53 bits per heavy atom. The molecule has 0 spiro atoms. The van der Waals surface area contributed by atoms with Gasteiger partial charge in [-0.05, 0) is 31.5 Å². The molecule has 0 radical (unpaired) electrons. The molecule has 94 valence electrons. The molecule has 1 heterocycles. The highest BCUT2D eigenvalue weighted by molar-refractivity contribution is 6.30. The zero-order valence-corrected chi connectivity index (χ0v) is 10.6. The molecule has 2 rings (SSSR count). The number of hydrogen-bond donors (Lipinski definition) is 1. The molecule has 4 heteroatoms. The van der Waals surface area contributed by atoms with Gasteiger partial charge in [0.25, 0.3) is 0 Å². The van der Waals surface area contributed by atoms with Gasteiger partial charge < -0.3 is 10.1 Å². The zero-order chi connectivity index (χ0) is 12.3. The standard InChI is InChI=1S/C13H17ClFNO/c1-16-12-5-6-17-8-10(12)7-9-3-2-4-11(14)13(9)15/h2-4,10,12,16H,5-8H2,1H3. The fraction of sp³-hybridized carbons (Fsp3) is 0.538. The van der Waals surface area contributed by atoms with Crippen molar-refractivity contribution in [3.63, 3.8) is 0 Å². The molecule has 0 aromatic heterocycles. The second-order valence-electron chi connectivity index (χ2n) is 4.44. The third-order valence-corrected chi connectivity index (χ3v) is 3.65. The van der Waals surface area contributed by atoms with E-state index in [1.165, 1.54) is 0 Å². The summed E-state index contributed by atoms with van der Waals surface area (Å²) in [6, 6.07) is 5.55. The minimum atomic E-state index is -0.297. The summed E-state index contributed by atoms with van der Waals surface area (Å²) in [7, 11) is 1.94. The quantitative estimate of drug-likeness (QED) is 0.899. The van der Waals surface area contributed by atoms with E-state index >= 15 is 0 Å². The molecule has 1 aliphatic heterocycles. The molecular weight excluding hydrogens is 241 g/mol. The Bertz CT molecular complexity index is 386. The van der Waals surface area contributed by atoms with E-state index in [0.29, 0.717) is 30.6 Å². The normalized spacial score (nSPS) is 24.9. The molecule has 1 N–H and O–H groups in total. The minimum absolute atomic E-state index is 0.195. The van der Waals surface area contributed by atoms with E-state index in [1.807, 2.05) is 7.05 Å². The minimum Gasteiger partial charge on any atom is -0.381 e. The van der Waals surface area contributed by atoms with Crippen LogP contribution in [0, 0.1) is 11.7 Å². The van der Waals surface area contributed by atoms with Crippen LogP contribution in [0.4, 0.5) is 4.39 Å². The Morgan fingerprint density at radius 2 is 2.35 bits per heavy atom. The van der Waals surface area contributed by atoms with Crippen molar-refractivity contribution in [1.29, 1.82) is 0 Å². The van der Waals surface area contributed by atoms with E-state index in [0.717, 1.165) is 13.0 Å². The van der Waals surface area contributed by atoms with Gasteiger partial charge in [-0.2, -0.15) is 0 Å². The summed E-state index contributed by atoms with van der Waals surface area (Å²) in [5.41, 5.74) is 0.674. The van der Waals surface area contributed by atoms with Crippen molar-refractivity contribution in [2.75, 3.05) is 20.3 Å². The van der Waals surface area contributed by atoms with Crippen molar-refractivity contribution in [1.82, 2.24) is 5.32 Å². The molecule has 1 aliphatic rings. The van der Waals surface area contributed by atoms with Crippen molar-refractivity contribution in [3.05, 3.63) is 34.6 Å². The lowest BCUT2D eigenvalue weighted by atomic mass is 9.89. The molecule has 0 aliphatic carbocycles. The lowest BCUT2D eigenvalue weighted by Crippen LogP contribution is -2.42. The first-order valence-electron chi connectivity index (χ1n) is 5.90. The van der Waals surface area contributed by atoms with Crippen LogP contribution in [0.3, 0.4) is 0 Å². The Labute approximate surface area is 106 Å². The molecule has 17 heavy (non-hydrogen) atoms. The van der Waals surface area contributed by atoms with Crippen molar-refractivity contribution >= 4 is 11.6 Å². The van der Waals surface area contributed by atoms with Gasteiger partial charge in [-0.3, -0.25) is 0 Å². The Kier molecular flexibility index (Phi) is 4.37. The van der Waals surface area contributed by atoms with Crippen LogP contribution in [-0.2, 0) is 11.2 Å². The molecule has 2 unspecified atom stereocenters. The number of ether oxygens (including phenoxy) is 1. The Hall–Kier alpha value is -0.640. The molecule has 1 fully saturated rings. The summed E-state index contributed by atoms with van der Waals surface area (Å²) >= 11 is 5.78. The Balaban J connectivity index is 2.11. The molecule has 1 aromatic carbocycles. The first-order valence-corrected chi connectivity index (χ1v) is 6.28. The molecule has 2 atom stereocenters. The van der Waals surface area contributed by atoms with Gasteiger partial charge in [0.2, 0.25) is 0 Å². The van der Waals surface area contributed by atoms with E-state index in [4.69, 9.17) is 16.3 Å². The van der Waals surface area contributed by atoms with Crippen LogP contribution >= 0.6 is 11.6 Å². The zero-order valence-electron chi connectivity index (χ0n) is 9.88. The summed E-state index contributed by atoms with van der Waals surface area (Å²) < 4.78 is 19.3. The monoisotopic (exact) mass is 257 g/mol. The fourth-order valence-corrected chi connectivity index (χ4v) is 2.56. The highest BCUT2D eigenvalue weighted by Crippen LogP contribution is 2.24. The second kappa shape index (κ2) is 5.80. The van der Waals surface area contributed by atoms with Crippen LogP contribution < -0.4 is 5.32 Å². The molecule has 1 saturated heterocycles. The van der Waals surface area contributed by atoms with E-state index < -0.39 is 0 Å². The third-order valence-electron chi connectivity index (χ3n) is 3.36. The summed E-state index contributed by atoms with van der Waals surface area (Å²) in [4.78, 5) is 0. The van der Waals surface area contributed by atoms with Gasteiger partial charge in [0, 0.05) is 18.6 Å². The number of halogens is 2. The van der Waals surface area contributed by atoms with Crippen LogP contribution in [0.5, 0.6) is 0 Å². The highest BCUT2D eigenvalue weighted by Gasteiger charge is 2.25. The van der Waals surface area contributed by atoms with Crippen LogP contribution in [-0.4, -0.2) is 26.3 Å². The molecule has 0 saturated carbocycles. The second-order valence-corrected chi connectivity index (χ2v) is 4.84. The topological polar surface area (TPSA) is 21.3 Å². The van der Waals surface area contributed by atoms with Gasteiger partial charge in [0.1, 0.15) is 5.82 Å². The average molecular weight is 258 g/mol. The lowest BCUT2D eigenvalue weighted by molar-refractivity contribution is 0.0339. The van der Waals surface area contributed by atoms with Gasteiger partial charge in [0.15, 0.2) is 0 Å². The largest absolute Gasteiger partial charge is 0.381 e. The van der Waals surface area contributed by atoms with Crippen molar-refractivity contribution < 1.29 is 9.13 Å². The predicted molar refractivity (Wildman–Crippen MR) is 66.9 cm³/mol. The summed E-state index contributed by atoms with van der Waals surface area (Å²) in [6.45, 7) is 1.46. The van der Waals surface area contributed by atoms with E-state index in [9.17, 15) is 4.39 Å². The molecular formula is C13H17ClFNO. The molecule has 0 amide bonds. The third kappa shape index (κ3) is 2.97. The molecule has 2 nitrogen and oxygen atoms in total. The van der Waals surface area contributed by atoms with E-state index in [-0.39, 0.29) is 10.8 Å². The van der Waals surface area contributed by atoms with Crippen molar-refractivity contribution in [2.24, 2.45) is 5.92 Å². The van der Waals surface area contributed by atoms with Gasteiger partial charge in [-0.1, -0.05) is 23.7 Å². The maximum Gasteiger partial charge on any atom is 0.144 e. The first-order chi connectivity index (χ1) is 8.22. The summed E-state index contributed by atoms with van der Waals surface area (Å²) in [5, 5.41) is 3.47. The summed E-state index contributed by atoms with van der Waals surface area (Å²) in [5.74, 6) is 0.0105. The fourth-order valence-electron chi connectivity index (χ4n) is 2.37. The predicted octanol–water partition coefficient (Wildman–Crippen LogP) is 2.65. The molecule has 0 bridgehead atoms. The van der Waals surface area contributed by atoms with Crippen LogP contribution in [0.2, 0.25) is 5.02 Å². The number of benzene rings is 1. The van der Waals surface area contributed by atoms with Gasteiger partial charge in [-0.15, -0.1) is 0 Å². The maximum atomic E-state index is 13.8. The number of rotatable bonds is 3. The lowest BCUT2D eigenvalue weighted by Gasteiger charge is -2.31. The van der Waals surface area contributed by atoms with Crippen LogP contribution in [0.25, 0.3) is 0 Å². The number of hydrogen-bond acceptors (Lipinski definition) is 2. The van der Waals surface area contributed by atoms with Gasteiger partial charge in [0.05, 0.1) is 11.6 Å². The van der Waals surface area contributed by atoms with Crippen molar-refractivity contribution in [3.8, 4) is 0 Å².